The second-order valence-corrected chi connectivity index (χ2v) is 6.91. The maximum atomic E-state index is 12.6. The molecule has 11 nitrogen and oxygen atoms in total. The normalized spacial score (nSPS) is 13.3. The number of nitrogens with one attached hydrogen (secondary N) is 4. The van der Waals surface area contributed by atoms with Gasteiger partial charge in [0.2, 0.25) is 17.7 Å². The van der Waals surface area contributed by atoms with Gasteiger partial charge in [-0.25, -0.2) is 0 Å². The fourth-order valence-electron chi connectivity index (χ4n) is 2.38. The SMILES string of the molecule is CN[C@@H](C)C(=O)N[C@@H](C)C(=O)N[C@@H](CCN=O)C(=O)Nc1ccc(COC(C)=O)cc1. The van der Waals surface area contributed by atoms with Crippen LogP contribution in [0.25, 0.3) is 0 Å². The van der Waals surface area contributed by atoms with E-state index in [-0.39, 0.29) is 25.5 Å². The Labute approximate surface area is 180 Å². The van der Waals surface area contributed by atoms with Gasteiger partial charge in [0.25, 0.3) is 0 Å². The number of rotatable bonds is 12. The lowest BCUT2D eigenvalue weighted by molar-refractivity contribution is -0.142. The van der Waals surface area contributed by atoms with Crippen LogP contribution in [-0.4, -0.2) is 55.4 Å². The molecule has 0 saturated heterocycles. The van der Waals surface area contributed by atoms with Crippen molar-refractivity contribution in [1.82, 2.24) is 16.0 Å². The van der Waals surface area contributed by atoms with Gasteiger partial charge in [0.05, 0.1) is 12.6 Å². The summed E-state index contributed by atoms with van der Waals surface area (Å²) in [4.78, 5) is 58.3. The molecule has 0 heterocycles. The number of hydrogen-bond donors (Lipinski definition) is 4. The van der Waals surface area contributed by atoms with Crippen LogP contribution in [-0.2, 0) is 30.5 Å². The zero-order valence-electron chi connectivity index (χ0n) is 18.1. The Hall–Kier alpha value is -3.34. The molecule has 3 amide bonds. The van der Waals surface area contributed by atoms with Crippen LogP contribution in [0.4, 0.5) is 5.69 Å². The van der Waals surface area contributed by atoms with E-state index in [1.165, 1.54) is 13.8 Å². The van der Waals surface area contributed by atoms with E-state index in [9.17, 15) is 24.1 Å². The number of nitrogens with zero attached hydrogens (tertiary/aromatic N) is 1. The fourth-order valence-corrected chi connectivity index (χ4v) is 2.38. The Kier molecular flexibility index (Phi) is 10.8. The minimum Gasteiger partial charge on any atom is -0.461 e. The Morgan fingerprint density at radius 3 is 2.13 bits per heavy atom. The molecule has 0 fully saturated rings. The number of carbonyl (C=O) groups excluding carboxylic acids is 4. The van der Waals surface area contributed by atoms with E-state index in [2.05, 4.69) is 26.4 Å². The minimum atomic E-state index is -1.02. The van der Waals surface area contributed by atoms with Crippen LogP contribution in [0, 0.1) is 4.91 Å². The first-order valence-corrected chi connectivity index (χ1v) is 9.78. The summed E-state index contributed by atoms with van der Waals surface area (Å²) in [5, 5.41) is 13.2. The number of nitroso groups, excluding NO2 is 1. The molecule has 0 bridgehead atoms. The number of ether oxygens (including phenoxy) is 1. The molecule has 1 aromatic carbocycles. The summed E-state index contributed by atoms with van der Waals surface area (Å²) in [5.74, 6) is -1.87. The lowest BCUT2D eigenvalue weighted by Gasteiger charge is -2.21. The molecule has 1 aromatic rings. The van der Waals surface area contributed by atoms with Crippen molar-refractivity contribution in [2.24, 2.45) is 5.18 Å². The third-order valence-electron chi connectivity index (χ3n) is 4.38. The van der Waals surface area contributed by atoms with Gasteiger partial charge in [0.15, 0.2) is 0 Å². The average Bonchev–Trinajstić information content (AvgIpc) is 2.74. The van der Waals surface area contributed by atoms with Gasteiger partial charge in [-0.15, -0.1) is 0 Å². The third kappa shape index (κ3) is 9.34. The smallest absolute Gasteiger partial charge is 0.302 e. The number of carbonyl (C=O) groups is 4. The van der Waals surface area contributed by atoms with Gasteiger partial charge >= 0.3 is 5.97 Å². The van der Waals surface area contributed by atoms with Gasteiger partial charge in [0, 0.05) is 12.6 Å². The Morgan fingerprint density at radius 1 is 0.968 bits per heavy atom. The molecule has 0 aliphatic carbocycles. The highest BCUT2D eigenvalue weighted by Crippen LogP contribution is 2.11. The van der Waals surface area contributed by atoms with Gasteiger partial charge in [-0.05, 0) is 45.0 Å². The summed E-state index contributed by atoms with van der Waals surface area (Å²) >= 11 is 0. The second-order valence-electron chi connectivity index (χ2n) is 6.91. The number of anilines is 1. The van der Waals surface area contributed by atoms with E-state index in [1.54, 1.807) is 38.2 Å². The van der Waals surface area contributed by atoms with Crippen molar-refractivity contribution < 1.29 is 23.9 Å². The van der Waals surface area contributed by atoms with E-state index in [4.69, 9.17) is 4.74 Å². The molecule has 0 aliphatic heterocycles. The molecule has 4 N–H and O–H groups in total. The first kappa shape index (κ1) is 25.7. The molecule has 3 atom stereocenters. The standard InChI is InChI=1S/C20H29N5O6/c1-12(21-4)18(27)23-13(2)19(28)25-17(9-10-22-30)20(29)24-16-7-5-15(6-8-16)11-31-14(3)26/h5-8,12-13,17,21H,9-11H2,1-4H3,(H,23,27)(H,24,29)(H,25,28)/t12-,13-,17-/m0/s1. The predicted octanol–water partition coefficient (Wildman–Crippen LogP) is 0.442. The third-order valence-corrected chi connectivity index (χ3v) is 4.38. The molecule has 0 spiro atoms. The van der Waals surface area contributed by atoms with Gasteiger partial charge < -0.3 is 26.0 Å². The summed E-state index contributed by atoms with van der Waals surface area (Å²) in [7, 11) is 1.62. The van der Waals surface area contributed by atoms with E-state index in [0.29, 0.717) is 5.69 Å². The number of hydrogen-bond acceptors (Lipinski definition) is 8. The number of benzene rings is 1. The fraction of sp³-hybridized carbons (Fsp3) is 0.500. The summed E-state index contributed by atoms with van der Waals surface area (Å²) in [6, 6.07) is 4.21. The molecule has 11 heteroatoms. The van der Waals surface area contributed by atoms with Crippen molar-refractivity contribution in [2.45, 2.75) is 51.9 Å². The topological polar surface area (TPSA) is 155 Å². The Bertz CT molecular complexity index is 783. The van der Waals surface area contributed by atoms with E-state index in [0.717, 1.165) is 5.56 Å². The van der Waals surface area contributed by atoms with E-state index >= 15 is 0 Å². The lowest BCUT2D eigenvalue weighted by atomic mass is 10.1. The quantitative estimate of drug-likeness (QED) is 0.274. The van der Waals surface area contributed by atoms with Crippen LogP contribution in [0.2, 0.25) is 0 Å². The average molecular weight is 435 g/mol. The zero-order chi connectivity index (χ0) is 23.4. The summed E-state index contributed by atoms with van der Waals surface area (Å²) in [5.41, 5.74) is 1.20. The predicted molar refractivity (Wildman–Crippen MR) is 114 cm³/mol. The Morgan fingerprint density at radius 2 is 1.58 bits per heavy atom. The van der Waals surface area contributed by atoms with Crippen molar-refractivity contribution in [3.63, 3.8) is 0 Å². The number of amides is 3. The van der Waals surface area contributed by atoms with Crippen LogP contribution in [0.3, 0.4) is 0 Å². The first-order chi connectivity index (χ1) is 14.7. The molecular formula is C20H29N5O6. The molecular weight excluding hydrogens is 406 g/mol. The molecule has 0 saturated carbocycles. The maximum Gasteiger partial charge on any atom is 0.302 e. The highest BCUT2D eigenvalue weighted by atomic mass is 16.5. The van der Waals surface area contributed by atoms with Crippen LogP contribution in [0.5, 0.6) is 0 Å². The molecule has 1 rings (SSSR count). The van der Waals surface area contributed by atoms with Gasteiger partial charge in [-0.1, -0.05) is 17.3 Å². The minimum absolute atomic E-state index is 0.000800. The van der Waals surface area contributed by atoms with Crippen molar-refractivity contribution >= 4 is 29.4 Å². The first-order valence-electron chi connectivity index (χ1n) is 9.78. The highest BCUT2D eigenvalue weighted by Gasteiger charge is 2.25. The molecule has 0 unspecified atom stereocenters. The molecule has 0 radical (unpaired) electrons. The molecule has 31 heavy (non-hydrogen) atoms. The van der Waals surface area contributed by atoms with Gasteiger partial charge in [-0.3, -0.25) is 19.2 Å². The van der Waals surface area contributed by atoms with E-state index < -0.39 is 35.9 Å². The summed E-state index contributed by atoms with van der Waals surface area (Å²) in [6.45, 7) is 4.39. The van der Waals surface area contributed by atoms with Crippen molar-refractivity contribution in [3.05, 3.63) is 34.7 Å². The van der Waals surface area contributed by atoms with Crippen LogP contribution >= 0.6 is 0 Å². The second kappa shape index (κ2) is 13.1. The van der Waals surface area contributed by atoms with Gasteiger partial charge in [0.1, 0.15) is 18.7 Å². The maximum absolute atomic E-state index is 12.6. The zero-order valence-corrected chi connectivity index (χ0v) is 18.1. The van der Waals surface area contributed by atoms with Crippen molar-refractivity contribution in [1.29, 1.82) is 0 Å². The van der Waals surface area contributed by atoms with Crippen molar-refractivity contribution in [2.75, 3.05) is 18.9 Å². The molecule has 0 aromatic heterocycles. The Balaban J connectivity index is 2.73. The van der Waals surface area contributed by atoms with Gasteiger partial charge in [-0.2, -0.15) is 4.91 Å². The number of esters is 1. The monoisotopic (exact) mass is 435 g/mol. The highest BCUT2D eigenvalue weighted by molar-refractivity contribution is 5.98. The molecule has 0 aliphatic rings. The summed E-state index contributed by atoms with van der Waals surface area (Å²) in [6.07, 6.45) is -0.000800. The van der Waals surface area contributed by atoms with Crippen LogP contribution < -0.4 is 21.3 Å². The van der Waals surface area contributed by atoms with Crippen LogP contribution in [0.15, 0.2) is 29.4 Å². The largest absolute Gasteiger partial charge is 0.461 e. The molecule has 170 valence electrons. The number of likely N-dealkylation sites (N-methyl/N-ethyl adjacent to an activating group) is 1. The lowest BCUT2D eigenvalue weighted by Crippen LogP contribution is -2.54. The summed E-state index contributed by atoms with van der Waals surface area (Å²) < 4.78 is 4.90. The van der Waals surface area contributed by atoms with Crippen LogP contribution in [0.1, 0.15) is 32.8 Å². The van der Waals surface area contributed by atoms with Crippen molar-refractivity contribution in [3.8, 4) is 0 Å². The van der Waals surface area contributed by atoms with E-state index in [1.807, 2.05) is 0 Å².